The van der Waals surface area contributed by atoms with Crippen LogP contribution in [0.25, 0.3) is 0 Å². The number of nitrogens with one attached hydrogen (secondary N) is 1. The molecule has 1 aliphatic heterocycles. The molecule has 0 spiro atoms. The summed E-state index contributed by atoms with van der Waals surface area (Å²) in [4.78, 5) is 36.2. The number of sulfonamides is 1. The highest BCUT2D eigenvalue weighted by Gasteiger charge is 2.30. The highest BCUT2D eigenvalue weighted by Crippen LogP contribution is 2.25. The van der Waals surface area contributed by atoms with Crippen molar-refractivity contribution in [1.29, 1.82) is 0 Å². The molecule has 1 aliphatic rings. The Balaban J connectivity index is 1.50. The third-order valence-electron chi connectivity index (χ3n) is 4.70. The van der Waals surface area contributed by atoms with Crippen molar-refractivity contribution in [2.75, 3.05) is 38.5 Å². The fraction of sp³-hybridized carbons (Fsp3) is 0.333. The average molecular weight is 471 g/mol. The first-order valence-corrected chi connectivity index (χ1v) is 11.2. The summed E-state index contributed by atoms with van der Waals surface area (Å²) in [5.74, 6) is -1.10. The van der Waals surface area contributed by atoms with Crippen LogP contribution in [0.5, 0.6) is 0 Å². The van der Waals surface area contributed by atoms with Crippen LogP contribution in [0.1, 0.15) is 20.9 Å². The normalized spacial score (nSPS) is 14.9. The fourth-order valence-electron chi connectivity index (χ4n) is 3.04. The van der Waals surface area contributed by atoms with Gasteiger partial charge in [-0.15, -0.1) is 0 Å². The number of nitro benzene ring substituents is 1. The quantitative estimate of drug-likeness (QED) is 0.475. The zero-order chi connectivity index (χ0) is 22.6. The van der Waals surface area contributed by atoms with Crippen LogP contribution >= 0.6 is 11.6 Å². The van der Waals surface area contributed by atoms with Gasteiger partial charge in [-0.1, -0.05) is 11.6 Å². The molecule has 13 heteroatoms. The average Bonchev–Trinajstić information content (AvgIpc) is 3.28. The maximum Gasteiger partial charge on any atom is 0.289 e. The molecule has 3 rings (SSSR count). The van der Waals surface area contributed by atoms with Crippen LogP contribution in [0.15, 0.2) is 41.0 Å². The second kappa shape index (κ2) is 9.45. The summed E-state index contributed by atoms with van der Waals surface area (Å²) >= 11 is 5.72. The van der Waals surface area contributed by atoms with Crippen LogP contribution in [0, 0.1) is 10.1 Å². The van der Waals surface area contributed by atoms with Crippen LogP contribution in [-0.4, -0.2) is 72.8 Å². The predicted molar refractivity (Wildman–Crippen MR) is 110 cm³/mol. The molecule has 1 fully saturated rings. The van der Waals surface area contributed by atoms with Gasteiger partial charge in [0.15, 0.2) is 5.76 Å². The van der Waals surface area contributed by atoms with E-state index in [1.165, 1.54) is 27.6 Å². The highest BCUT2D eigenvalue weighted by atomic mass is 35.5. The largest absolute Gasteiger partial charge is 0.459 e. The molecule has 11 nitrogen and oxygen atoms in total. The topological polar surface area (TPSA) is 143 Å². The van der Waals surface area contributed by atoms with Crippen molar-refractivity contribution >= 4 is 39.1 Å². The number of hydrogen-bond donors (Lipinski definition) is 1. The smallest absolute Gasteiger partial charge is 0.289 e. The minimum Gasteiger partial charge on any atom is -0.459 e. The molecule has 1 saturated heterocycles. The van der Waals surface area contributed by atoms with Crippen LogP contribution < -0.4 is 5.32 Å². The van der Waals surface area contributed by atoms with Gasteiger partial charge in [-0.05, 0) is 24.3 Å². The van der Waals surface area contributed by atoms with E-state index in [9.17, 15) is 28.1 Å². The molecule has 1 N–H and O–H groups in total. The number of furan rings is 1. The summed E-state index contributed by atoms with van der Waals surface area (Å²) in [7, 11) is -3.66. The van der Waals surface area contributed by atoms with E-state index in [1.807, 2.05) is 0 Å². The van der Waals surface area contributed by atoms with Crippen molar-refractivity contribution in [3.05, 3.63) is 63.1 Å². The van der Waals surface area contributed by atoms with Crippen molar-refractivity contribution in [3.63, 3.8) is 0 Å². The zero-order valence-corrected chi connectivity index (χ0v) is 17.8. The van der Waals surface area contributed by atoms with Crippen molar-refractivity contribution in [2.24, 2.45) is 0 Å². The van der Waals surface area contributed by atoms with Gasteiger partial charge in [0.25, 0.3) is 17.5 Å². The standard InChI is InChI=1S/C18H19ClN4O7S/c19-14-4-3-13(12-15(14)23(26)27)17(24)20-5-11-31(28,29)22-8-6-21(7-9-22)18(25)16-2-1-10-30-16/h1-4,10,12H,5-9,11H2,(H,20,24). The van der Waals surface area contributed by atoms with Gasteiger partial charge in [0.1, 0.15) is 5.02 Å². The van der Waals surface area contributed by atoms with E-state index in [2.05, 4.69) is 5.32 Å². The lowest BCUT2D eigenvalue weighted by molar-refractivity contribution is -0.384. The summed E-state index contributed by atoms with van der Waals surface area (Å²) < 4.78 is 31.4. The molecule has 1 aromatic carbocycles. The molecule has 166 valence electrons. The number of nitro groups is 1. The summed E-state index contributed by atoms with van der Waals surface area (Å²) in [5, 5.41) is 13.3. The number of amides is 2. The van der Waals surface area contributed by atoms with Gasteiger partial charge in [0.2, 0.25) is 10.0 Å². The lowest BCUT2D eigenvalue weighted by Crippen LogP contribution is -2.51. The van der Waals surface area contributed by atoms with Gasteiger partial charge in [-0.25, -0.2) is 8.42 Å². The maximum atomic E-state index is 12.5. The molecule has 0 aliphatic carbocycles. The first-order valence-electron chi connectivity index (χ1n) is 9.22. The van der Waals surface area contributed by atoms with E-state index in [0.717, 1.165) is 6.07 Å². The maximum absolute atomic E-state index is 12.5. The zero-order valence-electron chi connectivity index (χ0n) is 16.2. The number of rotatable bonds is 7. The van der Waals surface area contributed by atoms with Crippen molar-refractivity contribution in [3.8, 4) is 0 Å². The first kappa shape index (κ1) is 22.7. The fourth-order valence-corrected chi connectivity index (χ4v) is 4.57. The van der Waals surface area contributed by atoms with E-state index in [0.29, 0.717) is 0 Å². The Labute approximate surface area is 182 Å². The van der Waals surface area contributed by atoms with E-state index in [-0.39, 0.29) is 60.7 Å². The molecule has 31 heavy (non-hydrogen) atoms. The lowest BCUT2D eigenvalue weighted by Gasteiger charge is -2.33. The van der Waals surface area contributed by atoms with Crippen molar-refractivity contribution in [2.45, 2.75) is 0 Å². The number of halogens is 1. The van der Waals surface area contributed by atoms with Gasteiger partial charge in [0, 0.05) is 44.4 Å². The minimum absolute atomic E-state index is 0.00134. The molecule has 1 aromatic heterocycles. The number of piperazine rings is 1. The molecular weight excluding hydrogens is 452 g/mol. The Bertz CT molecular complexity index is 1080. The number of hydrogen-bond acceptors (Lipinski definition) is 7. The summed E-state index contributed by atoms with van der Waals surface area (Å²) in [6, 6.07) is 6.72. The molecule has 2 amide bonds. The Morgan fingerprint density at radius 2 is 1.90 bits per heavy atom. The lowest BCUT2D eigenvalue weighted by atomic mass is 10.2. The van der Waals surface area contributed by atoms with Gasteiger partial charge in [-0.3, -0.25) is 19.7 Å². The second-order valence-corrected chi connectivity index (χ2v) is 9.16. The first-order chi connectivity index (χ1) is 14.7. The Kier molecular flexibility index (Phi) is 6.93. The SMILES string of the molecule is O=C(NCCS(=O)(=O)N1CCN(C(=O)c2ccco2)CC1)c1ccc(Cl)c([N+](=O)[O-])c1. The third kappa shape index (κ3) is 5.40. The monoisotopic (exact) mass is 470 g/mol. The number of carbonyl (C=O) groups is 2. The molecule has 2 heterocycles. The molecule has 2 aromatic rings. The van der Waals surface area contributed by atoms with Crippen LogP contribution in [-0.2, 0) is 10.0 Å². The Hall–Kier alpha value is -2.96. The van der Waals surface area contributed by atoms with Gasteiger partial charge < -0.3 is 14.6 Å². The number of benzene rings is 1. The molecule has 0 bridgehead atoms. The van der Waals surface area contributed by atoms with Gasteiger partial charge in [0.05, 0.1) is 16.9 Å². The van der Waals surface area contributed by atoms with Crippen molar-refractivity contribution in [1.82, 2.24) is 14.5 Å². The second-order valence-electron chi connectivity index (χ2n) is 6.66. The number of carbonyl (C=O) groups excluding carboxylic acids is 2. The molecule has 0 atom stereocenters. The van der Waals surface area contributed by atoms with E-state index < -0.39 is 26.5 Å². The third-order valence-corrected chi connectivity index (χ3v) is 6.89. The van der Waals surface area contributed by atoms with Crippen LogP contribution in [0.4, 0.5) is 5.69 Å². The van der Waals surface area contributed by atoms with Gasteiger partial charge >= 0.3 is 0 Å². The summed E-state index contributed by atoms with van der Waals surface area (Å²) in [6.45, 7) is 0.528. The summed E-state index contributed by atoms with van der Waals surface area (Å²) in [5.41, 5.74) is -0.414. The molecule has 0 unspecified atom stereocenters. The predicted octanol–water partition coefficient (Wildman–Crippen LogP) is 1.36. The van der Waals surface area contributed by atoms with Crippen LogP contribution in [0.3, 0.4) is 0 Å². The Morgan fingerprint density at radius 3 is 2.52 bits per heavy atom. The summed E-state index contributed by atoms with van der Waals surface area (Å²) in [6.07, 6.45) is 1.39. The molecule has 0 saturated carbocycles. The highest BCUT2D eigenvalue weighted by molar-refractivity contribution is 7.89. The Morgan fingerprint density at radius 1 is 1.19 bits per heavy atom. The van der Waals surface area contributed by atoms with Gasteiger partial charge in [-0.2, -0.15) is 4.31 Å². The number of nitrogens with zero attached hydrogens (tertiary/aromatic N) is 3. The minimum atomic E-state index is -3.66. The molecular formula is C18H19ClN4O7S. The van der Waals surface area contributed by atoms with Crippen molar-refractivity contribution < 1.29 is 27.3 Å². The van der Waals surface area contributed by atoms with E-state index in [4.69, 9.17) is 16.0 Å². The van der Waals surface area contributed by atoms with Crippen LogP contribution in [0.2, 0.25) is 5.02 Å². The van der Waals surface area contributed by atoms with E-state index >= 15 is 0 Å². The van der Waals surface area contributed by atoms with E-state index in [1.54, 1.807) is 12.1 Å². The molecule has 0 radical (unpaired) electrons.